The summed E-state index contributed by atoms with van der Waals surface area (Å²) < 4.78 is 0. The topological polar surface area (TPSA) is 70.2 Å². The van der Waals surface area contributed by atoms with Crippen LogP contribution in [0.5, 0.6) is 0 Å². The fourth-order valence-corrected chi connectivity index (χ4v) is 3.47. The molecule has 3 aromatic rings. The standard InChI is InChI=1S/C24H25N5O/c1-2-14-25-22-17-21(27-23(28-22)18-8-4-3-5-9-18)24(30)26-19-10-12-20(13-11-19)29-15-6-7-16-29/h2-5,8-13,17H,1,6-7,14-16H2,(H,26,30)(H,25,27,28). The number of anilines is 3. The Labute approximate surface area is 176 Å². The van der Waals surface area contributed by atoms with E-state index in [0.29, 0.717) is 23.9 Å². The summed E-state index contributed by atoms with van der Waals surface area (Å²) in [4.78, 5) is 24.3. The van der Waals surface area contributed by atoms with Gasteiger partial charge in [0.1, 0.15) is 11.5 Å². The van der Waals surface area contributed by atoms with Gasteiger partial charge in [-0.3, -0.25) is 4.79 Å². The summed E-state index contributed by atoms with van der Waals surface area (Å²) in [6, 6.07) is 19.2. The van der Waals surface area contributed by atoms with Gasteiger partial charge >= 0.3 is 0 Å². The highest BCUT2D eigenvalue weighted by Crippen LogP contribution is 2.23. The van der Waals surface area contributed by atoms with Crippen molar-refractivity contribution in [1.82, 2.24) is 9.97 Å². The van der Waals surface area contributed by atoms with Gasteiger partial charge in [0, 0.05) is 42.6 Å². The minimum absolute atomic E-state index is 0.273. The van der Waals surface area contributed by atoms with E-state index in [1.165, 1.54) is 18.5 Å². The van der Waals surface area contributed by atoms with Crippen molar-refractivity contribution in [3.63, 3.8) is 0 Å². The van der Waals surface area contributed by atoms with Crippen LogP contribution < -0.4 is 15.5 Å². The maximum Gasteiger partial charge on any atom is 0.274 e. The molecule has 1 fully saturated rings. The maximum absolute atomic E-state index is 12.9. The molecule has 0 atom stereocenters. The van der Waals surface area contributed by atoms with Crippen LogP contribution in [0, 0.1) is 0 Å². The fraction of sp³-hybridized carbons (Fsp3) is 0.208. The first-order valence-corrected chi connectivity index (χ1v) is 10.2. The second kappa shape index (κ2) is 9.22. The van der Waals surface area contributed by atoms with Gasteiger partial charge in [-0.05, 0) is 37.1 Å². The van der Waals surface area contributed by atoms with E-state index in [-0.39, 0.29) is 5.91 Å². The lowest BCUT2D eigenvalue weighted by Crippen LogP contribution is -2.18. The quantitative estimate of drug-likeness (QED) is 0.569. The van der Waals surface area contributed by atoms with Crippen LogP contribution in [0.3, 0.4) is 0 Å². The molecule has 1 saturated heterocycles. The lowest BCUT2D eigenvalue weighted by molar-refractivity contribution is 0.102. The molecule has 0 aliphatic carbocycles. The smallest absolute Gasteiger partial charge is 0.274 e. The molecule has 0 radical (unpaired) electrons. The first-order chi connectivity index (χ1) is 14.7. The van der Waals surface area contributed by atoms with Crippen molar-refractivity contribution in [3.05, 3.63) is 79.0 Å². The Balaban J connectivity index is 1.55. The van der Waals surface area contributed by atoms with Crippen LogP contribution >= 0.6 is 0 Å². The molecule has 152 valence electrons. The van der Waals surface area contributed by atoms with Crippen molar-refractivity contribution in [2.45, 2.75) is 12.8 Å². The third-order valence-corrected chi connectivity index (χ3v) is 5.01. The number of nitrogens with zero attached hydrogens (tertiary/aromatic N) is 3. The normalized spacial score (nSPS) is 13.1. The number of aromatic nitrogens is 2. The molecule has 0 saturated carbocycles. The van der Waals surface area contributed by atoms with E-state index in [1.807, 2.05) is 54.6 Å². The van der Waals surface area contributed by atoms with Crippen LogP contribution in [0.1, 0.15) is 23.3 Å². The SMILES string of the molecule is C=CCNc1cc(C(=O)Nc2ccc(N3CCCC3)cc2)nc(-c2ccccc2)n1. The molecule has 1 aromatic heterocycles. The second-order valence-electron chi connectivity index (χ2n) is 7.19. The molecule has 1 amide bonds. The largest absolute Gasteiger partial charge is 0.372 e. The minimum atomic E-state index is -0.273. The Hall–Kier alpha value is -3.67. The zero-order chi connectivity index (χ0) is 20.8. The van der Waals surface area contributed by atoms with E-state index >= 15 is 0 Å². The van der Waals surface area contributed by atoms with Crippen molar-refractivity contribution in [2.24, 2.45) is 0 Å². The lowest BCUT2D eigenvalue weighted by atomic mass is 10.2. The van der Waals surface area contributed by atoms with Crippen LogP contribution in [0.2, 0.25) is 0 Å². The summed E-state index contributed by atoms with van der Waals surface area (Å²) in [7, 11) is 0. The highest BCUT2D eigenvalue weighted by molar-refractivity contribution is 6.03. The van der Waals surface area contributed by atoms with Crippen molar-refractivity contribution < 1.29 is 4.79 Å². The lowest BCUT2D eigenvalue weighted by Gasteiger charge is -2.17. The molecular weight excluding hydrogens is 374 g/mol. The van der Waals surface area contributed by atoms with Gasteiger partial charge in [0.15, 0.2) is 5.82 Å². The zero-order valence-electron chi connectivity index (χ0n) is 16.8. The Kier molecular flexibility index (Phi) is 6.03. The summed E-state index contributed by atoms with van der Waals surface area (Å²) >= 11 is 0. The number of amides is 1. The third-order valence-electron chi connectivity index (χ3n) is 5.01. The minimum Gasteiger partial charge on any atom is -0.372 e. The summed E-state index contributed by atoms with van der Waals surface area (Å²) in [5, 5.41) is 6.09. The average Bonchev–Trinajstić information content (AvgIpc) is 3.33. The van der Waals surface area contributed by atoms with E-state index < -0.39 is 0 Å². The Bertz CT molecular complexity index is 1010. The molecule has 6 nitrogen and oxygen atoms in total. The van der Waals surface area contributed by atoms with Gasteiger partial charge in [-0.25, -0.2) is 9.97 Å². The predicted octanol–water partition coefficient (Wildman–Crippen LogP) is 4.59. The first kappa shape index (κ1) is 19.6. The molecule has 30 heavy (non-hydrogen) atoms. The molecule has 2 aromatic carbocycles. The molecule has 4 rings (SSSR count). The molecule has 2 N–H and O–H groups in total. The van der Waals surface area contributed by atoms with Crippen LogP contribution in [0.25, 0.3) is 11.4 Å². The Morgan fingerprint density at radius 2 is 1.77 bits per heavy atom. The van der Waals surface area contributed by atoms with Gasteiger partial charge in [-0.15, -0.1) is 6.58 Å². The van der Waals surface area contributed by atoms with Gasteiger partial charge in [-0.2, -0.15) is 0 Å². The second-order valence-corrected chi connectivity index (χ2v) is 7.19. The van der Waals surface area contributed by atoms with Crippen LogP contribution in [-0.2, 0) is 0 Å². The van der Waals surface area contributed by atoms with Crippen molar-refractivity contribution in [1.29, 1.82) is 0 Å². The number of carbonyl (C=O) groups is 1. The predicted molar refractivity (Wildman–Crippen MR) is 122 cm³/mol. The molecule has 0 spiro atoms. The third kappa shape index (κ3) is 4.66. The Morgan fingerprint density at radius 1 is 1.03 bits per heavy atom. The van der Waals surface area contributed by atoms with Crippen LogP contribution in [0.4, 0.5) is 17.2 Å². The van der Waals surface area contributed by atoms with E-state index in [4.69, 9.17) is 0 Å². The van der Waals surface area contributed by atoms with E-state index in [9.17, 15) is 4.79 Å². The van der Waals surface area contributed by atoms with E-state index in [2.05, 4.69) is 32.1 Å². The van der Waals surface area contributed by atoms with E-state index in [1.54, 1.807) is 12.1 Å². The van der Waals surface area contributed by atoms with E-state index in [0.717, 1.165) is 24.3 Å². The zero-order valence-corrected chi connectivity index (χ0v) is 16.8. The molecule has 1 aliphatic rings. The van der Waals surface area contributed by atoms with Gasteiger partial charge in [0.05, 0.1) is 0 Å². The summed E-state index contributed by atoms with van der Waals surface area (Å²) in [5.41, 5.74) is 3.08. The van der Waals surface area contributed by atoms with Crippen molar-refractivity contribution in [2.75, 3.05) is 35.2 Å². The average molecular weight is 399 g/mol. The summed E-state index contributed by atoms with van der Waals surface area (Å²) in [5.74, 6) is 0.808. The molecule has 1 aliphatic heterocycles. The molecule has 0 bridgehead atoms. The van der Waals surface area contributed by atoms with Gasteiger partial charge in [-0.1, -0.05) is 36.4 Å². The monoisotopic (exact) mass is 399 g/mol. The summed E-state index contributed by atoms with van der Waals surface area (Å²) in [6.07, 6.45) is 4.21. The highest BCUT2D eigenvalue weighted by Gasteiger charge is 2.15. The molecule has 2 heterocycles. The van der Waals surface area contributed by atoms with Crippen molar-refractivity contribution >= 4 is 23.1 Å². The number of hydrogen-bond donors (Lipinski definition) is 2. The number of nitrogens with one attached hydrogen (secondary N) is 2. The molecular formula is C24H25N5O. The van der Waals surface area contributed by atoms with Gasteiger partial charge < -0.3 is 15.5 Å². The fourth-order valence-electron chi connectivity index (χ4n) is 3.47. The summed E-state index contributed by atoms with van der Waals surface area (Å²) in [6.45, 7) is 6.45. The molecule has 0 unspecified atom stereocenters. The first-order valence-electron chi connectivity index (χ1n) is 10.2. The van der Waals surface area contributed by atoms with Gasteiger partial charge in [0.2, 0.25) is 0 Å². The van der Waals surface area contributed by atoms with Crippen LogP contribution in [-0.4, -0.2) is 35.5 Å². The number of hydrogen-bond acceptors (Lipinski definition) is 5. The van der Waals surface area contributed by atoms with Gasteiger partial charge in [0.25, 0.3) is 5.91 Å². The number of carbonyl (C=O) groups excluding carboxylic acids is 1. The van der Waals surface area contributed by atoms with Crippen molar-refractivity contribution in [3.8, 4) is 11.4 Å². The number of rotatable bonds is 7. The maximum atomic E-state index is 12.9. The van der Waals surface area contributed by atoms with Crippen LogP contribution in [0.15, 0.2) is 73.3 Å². The number of benzene rings is 2. The highest BCUT2D eigenvalue weighted by atomic mass is 16.1. The molecule has 6 heteroatoms. The Morgan fingerprint density at radius 3 is 2.47 bits per heavy atom.